The third-order valence-electron chi connectivity index (χ3n) is 2.13. The number of hydrogen-bond acceptors (Lipinski definition) is 1. The Morgan fingerprint density at radius 3 is 1.83 bits per heavy atom. The number of nitrogens with zero attached hydrogens (tertiary/aromatic N) is 1. The molecule has 0 atom stereocenters. The quantitative estimate of drug-likeness (QED) is 0.623. The summed E-state index contributed by atoms with van der Waals surface area (Å²) < 4.78 is 0. The minimum atomic E-state index is -0.263. The molecule has 0 saturated heterocycles. The predicted molar refractivity (Wildman–Crippen MR) is 62.6 cm³/mol. The van der Waals surface area contributed by atoms with Gasteiger partial charge in [0.05, 0.1) is 0 Å². The molecule has 0 fully saturated rings. The van der Waals surface area contributed by atoms with Crippen LogP contribution in [0.5, 0.6) is 0 Å². The molecule has 2 heteroatoms. The molecule has 0 aliphatic rings. The van der Waals surface area contributed by atoms with Gasteiger partial charge in [0.15, 0.2) is 0 Å². The van der Waals surface area contributed by atoms with E-state index in [-0.39, 0.29) is 10.0 Å². The molecule has 0 saturated carbocycles. The highest BCUT2D eigenvalue weighted by Gasteiger charge is 2.04. The van der Waals surface area contributed by atoms with Crippen LogP contribution in [0.2, 0.25) is 0 Å². The summed E-state index contributed by atoms with van der Waals surface area (Å²) >= 11 is 0. The molecule has 0 aromatic rings. The largest absolute Gasteiger partial charge is 0.304 e. The molecule has 76 valence electrons. The zero-order valence-corrected chi connectivity index (χ0v) is 10.2. The van der Waals surface area contributed by atoms with Crippen molar-refractivity contribution in [3.8, 4) is 0 Å². The topological polar surface area (TPSA) is 3.24 Å². The lowest BCUT2D eigenvalue weighted by atomic mass is 10.4. The smallest absolute Gasteiger partial charge is 0.00117 e. The van der Waals surface area contributed by atoms with E-state index in [0.29, 0.717) is 0 Å². The summed E-state index contributed by atoms with van der Waals surface area (Å²) in [7, 11) is -0.263. The average molecular weight is 191 g/mol. The van der Waals surface area contributed by atoms with E-state index in [4.69, 9.17) is 0 Å². The fourth-order valence-electron chi connectivity index (χ4n) is 1.26. The van der Waals surface area contributed by atoms with E-state index in [1.165, 1.54) is 31.8 Å². The molecule has 0 heterocycles. The van der Waals surface area contributed by atoms with Crippen LogP contribution in [0.15, 0.2) is 0 Å². The molecule has 0 aliphatic heterocycles. The molecular formula is C10H25NS. The molecule has 1 nitrogen and oxygen atoms in total. The van der Waals surface area contributed by atoms with E-state index in [9.17, 15) is 0 Å². The van der Waals surface area contributed by atoms with Crippen LogP contribution in [0.25, 0.3) is 0 Å². The van der Waals surface area contributed by atoms with Crippen LogP contribution in [-0.2, 0) is 0 Å². The van der Waals surface area contributed by atoms with Crippen LogP contribution in [0.1, 0.15) is 20.3 Å². The predicted octanol–water partition coefficient (Wildman–Crippen LogP) is 2.41. The van der Waals surface area contributed by atoms with Crippen LogP contribution in [-0.4, -0.2) is 49.1 Å². The first-order valence-corrected chi connectivity index (χ1v) is 7.90. The van der Waals surface area contributed by atoms with Gasteiger partial charge in [0.1, 0.15) is 0 Å². The number of rotatable bonds is 6. The first kappa shape index (κ1) is 12.3. The van der Waals surface area contributed by atoms with Crippen molar-refractivity contribution in [1.29, 1.82) is 0 Å². The summed E-state index contributed by atoms with van der Waals surface area (Å²) in [5, 5.41) is 0. The third kappa shape index (κ3) is 6.99. The molecule has 0 rings (SSSR count). The van der Waals surface area contributed by atoms with Gasteiger partial charge in [0, 0.05) is 0 Å². The summed E-state index contributed by atoms with van der Waals surface area (Å²) in [6, 6.07) is 0. The van der Waals surface area contributed by atoms with Gasteiger partial charge in [-0.2, -0.15) is 0 Å². The molecule has 0 aromatic carbocycles. The first-order valence-electron chi connectivity index (χ1n) is 4.88. The highest BCUT2D eigenvalue weighted by atomic mass is 32.3. The number of hydrogen-bond donors (Lipinski definition) is 0. The minimum absolute atomic E-state index is 0.263. The summed E-state index contributed by atoms with van der Waals surface area (Å²) in [6.07, 6.45) is 8.57. The summed E-state index contributed by atoms with van der Waals surface area (Å²) in [4.78, 5) is 2.51. The Morgan fingerprint density at radius 1 is 1.00 bits per heavy atom. The maximum atomic E-state index is 2.51. The van der Waals surface area contributed by atoms with E-state index in [1.807, 2.05) is 0 Å². The van der Waals surface area contributed by atoms with Crippen LogP contribution in [0, 0.1) is 0 Å². The van der Waals surface area contributed by atoms with Gasteiger partial charge in [-0.15, -0.1) is 0 Å². The Labute approximate surface area is 79.8 Å². The molecule has 0 unspecified atom stereocenters. The maximum absolute atomic E-state index is 2.51. The van der Waals surface area contributed by atoms with Crippen molar-refractivity contribution >= 4 is 10.0 Å². The molecule has 12 heavy (non-hydrogen) atoms. The van der Waals surface area contributed by atoms with Crippen molar-refractivity contribution < 1.29 is 0 Å². The van der Waals surface area contributed by atoms with Gasteiger partial charge in [0.25, 0.3) is 0 Å². The van der Waals surface area contributed by atoms with E-state index in [0.717, 1.165) is 0 Å². The Hall–Kier alpha value is 0.310. The SMILES string of the molecule is CCN(CC)CCCS(C)(C)C. The van der Waals surface area contributed by atoms with Gasteiger partial charge in [-0.05, 0) is 50.6 Å². The van der Waals surface area contributed by atoms with Crippen LogP contribution in [0.4, 0.5) is 0 Å². The lowest BCUT2D eigenvalue weighted by molar-refractivity contribution is 0.305. The monoisotopic (exact) mass is 191 g/mol. The van der Waals surface area contributed by atoms with Crippen molar-refractivity contribution in [2.24, 2.45) is 0 Å². The normalized spacial score (nSPS) is 13.8. The second-order valence-corrected chi connectivity index (χ2v) is 8.77. The second-order valence-electron chi connectivity index (χ2n) is 4.18. The average Bonchev–Trinajstić information content (AvgIpc) is 1.96. The molecule has 0 aromatic heterocycles. The van der Waals surface area contributed by atoms with E-state index in [1.54, 1.807) is 0 Å². The van der Waals surface area contributed by atoms with Crippen molar-refractivity contribution in [3.63, 3.8) is 0 Å². The fraction of sp³-hybridized carbons (Fsp3) is 1.00. The van der Waals surface area contributed by atoms with Crippen molar-refractivity contribution in [2.75, 3.05) is 44.2 Å². The van der Waals surface area contributed by atoms with Gasteiger partial charge in [0.2, 0.25) is 0 Å². The fourth-order valence-corrected chi connectivity index (χ4v) is 2.26. The molecular weight excluding hydrogens is 166 g/mol. The second kappa shape index (κ2) is 5.87. The zero-order chi connectivity index (χ0) is 9.61. The van der Waals surface area contributed by atoms with E-state index < -0.39 is 0 Å². The molecule has 0 radical (unpaired) electrons. The summed E-state index contributed by atoms with van der Waals surface area (Å²) in [5.41, 5.74) is 0. The van der Waals surface area contributed by atoms with Gasteiger partial charge in [-0.3, -0.25) is 0 Å². The van der Waals surface area contributed by atoms with Crippen LogP contribution >= 0.6 is 10.0 Å². The van der Waals surface area contributed by atoms with Crippen molar-refractivity contribution in [3.05, 3.63) is 0 Å². The Morgan fingerprint density at radius 2 is 1.50 bits per heavy atom. The Bertz CT molecular complexity index is 103. The molecule has 0 spiro atoms. The summed E-state index contributed by atoms with van der Waals surface area (Å²) in [5.74, 6) is 1.42. The third-order valence-corrected chi connectivity index (χ3v) is 3.64. The highest BCUT2D eigenvalue weighted by molar-refractivity contribution is 8.32. The first-order chi connectivity index (χ1) is 5.49. The van der Waals surface area contributed by atoms with Crippen molar-refractivity contribution in [2.45, 2.75) is 20.3 Å². The maximum Gasteiger partial charge on any atom is -0.00117 e. The lowest BCUT2D eigenvalue weighted by Crippen LogP contribution is -2.25. The van der Waals surface area contributed by atoms with E-state index in [2.05, 4.69) is 37.5 Å². The van der Waals surface area contributed by atoms with Gasteiger partial charge in [-0.25, -0.2) is 10.0 Å². The standard InChI is InChI=1S/C10H25NS/c1-6-11(7-2)9-8-10-12(3,4)5/h6-10H2,1-5H3. The van der Waals surface area contributed by atoms with Gasteiger partial charge < -0.3 is 4.90 Å². The molecule has 0 bridgehead atoms. The molecule has 0 aliphatic carbocycles. The van der Waals surface area contributed by atoms with Crippen LogP contribution in [0.3, 0.4) is 0 Å². The van der Waals surface area contributed by atoms with Gasteiger partial charge in [-0.1, -0.05) is 13.8 Å². The Balaban J connectivity index is 3.41. The highest BCUT2D eigenvalue weighted by Crippen LogP contribution is 2.34. The zero-order valence-electron chi connectivity index (χ0n) is 9.39. The van der Waals surface area contributed by atoms with E-state index >= 15 is 0 Å². The molecule has 0 N–H and O–H groups in total. The summed E-state index contributed by atoms with van der Waals surface area (Å²) in [6.45, 7) is 8.18. The van der Waals surface area contributed by atoms with Crippen molar-refractivity contribution in [1.82, 2.24) is 4.90 Å². The van der Waals surface area contributed by atoms with Crippen LogP contribution < -0.4 is 0 Å². The minimum Gasteiger partial charge on any atom is -0.304 e. The van der Waals surface area contributed by atoms with Gasteiger partial charge >= 0.3 is 0 Å². The lowest BCUT2D eigenvalue weighted by Gasteiger charge is -2.26. The Kier molecular flexibility index (Phi) is 6.02. The molecule has 0 amide bonds.